The Balaban J connectivity index is 2.48. The van der Waals surface area contributed by atoms with Gasteiger partial charge in [0.1, 0.15) is 0 Å². The Labute approximate surface area is 109 Å². The van der Waals surface area contributed by atoms with Crippen molar-refractivity contribution < 1.29 is 0 Å². The summed E-state index contributed by atoms with van der Waals surface area (Å²) in [6.45, 7) is 6.32. The van der Waals surface area contributed by atoms with E-state index in [0.717, 1.165) is 11.4 Å². The molecule has 0 fully saturated rings. The number of anilines is 2. The maximum atomic E-state index is 6.05. The Morgan fingerprint density at radius 2 is 1.72 bits per heavy atom. The molecule has 0 saturated heterocycles. The summed E-state index contributed by atoms with van der Waals surface area (Å²) in [7, 11) is 0. The molecule has 0 radical (unpaired) electrons. The highest BCUT2D eigenvalue weighted by atomic mass is 14.9. The van der Waals surface area contributed by atoms with Gasteiger partial charge in [0.2, 0.25) is 0 Å². The topological polar surface area (TPSA) is 38.0 Å². The average molecular weight is 240 g/mol. The second-order valence-corrected chi connectivity index (χ2v) is 4.92. The molecule has 0 unspecified atom stereocenters. The fourth-order valence-electron chi connectivity index (χ4n) is 2.09. The van der Waals surface area contributed by atoms with Gasteiger partial charge in [-0.25, -0.2) is 0 Å². The Morgan fingerprint density at radius 1 is 1.06 bits per heavy atom. The van der Waals surface area contributed by atoms with Gasteiger partial charge >= 0.3 is 0 Å². The first-order valence-electron chi connectivity index (χ1n) is 6.30. The lowest BCUT2D eigenvalue weighted by atomic mass is 9.99. The van der Waals surface area contributed by atoms with Gasteiger partial charge in [0, 0.05) is 6.04 Å². The van der Waals surface area contributed by atoms with Gasteiger partial charge in [-0.1, -0.05) is 30.3 Å². The molecule has 0 aromatic heterocycles. The van der Waals surface area contributed by atoms with Gasteiger partial charge in [-0.15, -0.1) is 0 Å². The lowest BCUT2D eigenvalue weighted by Gasteiger charge is -2.16. The van der Waals surface area contributed by atoms with Crippen molar-refractivity contribution >= 4 is 11.4 Å². The second-order valence-electron chi connectivity index (χ2n) is 4.92. The van der Waals surface area contributed by atoms with Gasteiger partial charge in [0.25, 0.3) is 0 Å². The van der Waals surface area contributed by atoms with Crippen LogP contribution in [-0.2, 0) is 0 Å². The number of hydrogen-bond acceptors (Lipinski definition) is 2. The lowest BCUT2D eigenvalue weighted by Crippen LogP contribution is -2.11. The zero-order valence-corrected chi connectivity index (χ0v) is 11.2. The molecule has 2 rings (SSSR count). The number of nitrogens with one attached hydrogen (secondary N) is 1. The van der Waals surface area contributed by atoms with Gasteiger partial charge in [-0.2, -0.15) is 0 Å². The smallest absolute Gasteiger partial charge is 0.0582 e. The summed E-state index contributed by atoms with van der Waals surface area (Å²) >= 11 is 0. The van der Waals surface area contributed by atoms with E-state index in [9.17, 15) is 0 Å². The van der Waals surface area contributed by atoms with E-state index in [1.54, 1.807) is 0 Å². The molecule has 0 spiro atoms. The summed E-state index contributed by atoms with van der Waals surface area (Å²) in [6.07, 6.45) is 0. The van der Waals surface area contributed by atoms with Crippen LogP contribution in [0.4, 0.5) is 11.4 Å². The van der Waals surface area contributed by atoms with Gasteiger partial charge in [-0.05, 0) is 49.6 Å². The van der Waals surface area contributed by atoms with Crippen LogP contribution in [0.5, 0.6) is 0 Å². The largest absolute Gasteiger partial charge is 0.397 e. The molecule has 94 valence electrons. The van der Waals surface area contributed by atoms with Crippen LogP contribution in [0.1, 0.15) is 19.4 Å². The summed E-state index contributed by atoms with van der Waals surface area (Å²) in [5.74, 6) is 0. The van der Waals surface area contributed by atoms with Crippen LogP contribution in [0.15, 0.2) is 42.5 Å². The number of benzene rings is 2. The third-order valence-corrected chi connectivity index (χ3v) is 2.93. The number of aryl methyl sites for hydroxylation is 1. The van der Waals surface area contributed by atoms with E-state index in [4.69, 9.17) is 5.73 Å². The maximum absolute atomic E-state index is 6.05. The maximum Gasteiger partial charge on any atom is 0.0582 e. The first kappa shape index (κ1) is 12.5. The van der Waals surface area contributed by atoms with Crippen molar-refractivity contribution in [3.8, 4) is 11.1 Å². The van der Waals surface area contributed by atoms with Crippen LogP contribution in [0.2, 0.25) is 0 Å². The van der Waals surface area contributed by atoms with Crippen molar-refractivity contribution in [1.82, 2.24) is 0 Å². The van der Waals surface area contributed by atoms with Crippen molar-refractivity contribution in [3.63, 3.8) is 0 Å². The van der Waals surface area contributed by atoms with E-state index in [1.165, 1.54) is 16.7 Å². The molecule has 2 aromatic rings. The number of rotatable bonds is 3. The van der Waals surface area contributed by atoms with Crippen LogP contribution in [-0.4, -0.2) is 6.04 Å². The summed E-state index contributed by atoms with van der Waals surface area (Å²) in [6, 6.07) is 14.9. The Hall–Kier alpha value is -1.96. The summed E-state index contributed by atoms with van der Waals surface area (Å²) < 4.78 is 0. The molecule has 0 bridgehead atoms. The van der Waals surface area contributed by atoms with E-state index in [0.29, 0.717) is 6.04 Å². The van der Waals surface area contributed by atoms with Gasteiger partial charge in [0.15, 0.2) is 0 Å². The van der Waals surface area contributed by atoms with Crippen LogP contribution >= 0.6 is 0 Å². The molecule has 0 aliphatic rings. The normalized spacial score (nSPS) is 10.7. The quantitative estimate of drug-likeness (QED) is 0.794. The first-order valence-corrected chi connectivity index (χ1v) is 6.30. The van der Waals surface area contributed by atoms with Crippen molar-refractivity contribution in [3.05, 3.63) is 48.0 Å². The molecule has 18 heavy (non-hydrogen) atoms. The lowest BCUT2D eigenvalue weighted by molar-refractivity contribution is 0.900. The zero-order valence-electron chi connectivity index (χ0n) is 11.2. The van der Waals surface area contributed by atoms with Crippen LogP contribution in [0.25, 0.3) is 11.1 Å². The molecule has 2 heteroatoms. The molecule has 0 aliphatic carbocycles. The van der Waals surface area contributed by atoms with E-state index >= 15 is 0 Å². The molecule has 0 atom stereocenters. The monoisotopic (exact) mass is 240 g/mol. The second kappa shape index (κ2) is 5.13. The number of nitrogen functional groups attached to an aromatic ring is 1. The first-order chi connectivity index (χ1) is 8.58. The minimum Gasteiger partial charge on any atom is -0.397 e. The summed E-state index contributed by atoms with van der Waals surface area (Å²) in [5.41, 5.74) is 11.5. The van der Waals surface area contributed by atoms with Crippen molar-refractivity contribution in [1.29, 1.82) is 0 Å². The van der Waals surface area contributed by atoms with E-state index in [1.807, 2.05) is 12.1 Å². The fraction of sp³-hybridized carbons (Fsp3) is 0.250. The van der Waals surface area contributed by atoms with Crippen LogP contribution in [0, 0.1) is 6.92 Å². The molecular formula is C16H20N2. The third-order valence-electron chi connectivity index (χ3n) is 2.93. The van der Waals surface area contributed by atoms with E-state index in [-0.39, 0.29) is 0 Å². The molecule has 3 N–H and O–H groups in total. The van der Waals surface area contributed by atoms with Gasteiger partial charge in [-0.3, -0.25) is 0 Å². The Morgan fingerprint density at radius 3 is 2.33 bits per heavy atom. The average Bonchev–Trinajstić information content (AvgIpc) is 2.33. The third kappa shape index (κ3) is 2.65. The van der Waals surface area contributed by atoms with Gasteiger partial charge < -0.3 is 11.1 Å². The highest BCUT2D eigenvalue weighted by molar-refractivity contribution is 5.79. The standard InChI is InChI=1S/C16H20N2/c1-11(2)18-16-10-14(12(3)9-15(16)17)13-7-5-4-6-8-13/h4-11,18H,17H2,1-3H3. The van der Waals surface area contributed by atoms with E-state index < -0.39 is 0 Å². The molecule has 0 amide bonds. The molecule has 0 saturated carbocycles. The highest BCUT2D eigenvalue weighted by Crippen LogP contribution is 2.31. The molecule has 2 aromatic carbocycles. The minimum absolute atomic E-state index is 0.374. The summed E-state index contributed by atoms with van der Waals surface area (Å²) in [5, 5.41) is 3.39. The SMILES string of the molecule is Cc1cc(N)c(NC(C)C)cc1-c1ccccc1. The fourth-order valence-corrected chi connectivity index (χ4v) is 2.09. The molecule has 2 nitrogen and oxygen atoms in total. The number of hydrogen-bond donors (Lipinski definition) is 2. The predicted octanol–water partition coefficient (Wildman–Crippen LogP) is 4.06. The Kier molecular flexibility index (Phi) is 3.56. The molecular weight excluding hydrogens is 220 g/mol. The van der Waals surface area contributed by atoms with Crippen molar-refractivity contribution in [2.75, 3.05) is 11.1 Å². The zero-order chi connectivity index (χ0) is 13.1. The number of nitrogens with two attached hydrogens (primary N) is 1. The molecule has 0 heterocycles. The Bertz CT molecular complexity index is 530. The van der Waals surface area contributed by atoms with Gasteiger partial charge in [0.05, 0.1) is 11.4 Å². The van der Waals surface area contributed by atoms with Crippen LogP contribution in [0.3, 0.4) is 0 Å². The summed E-state index contributed by atoms with van der Waals surface area (Å²) in [4.78, 5) is 0. The van der Waals surface area contributed by atoms with Crippen LogP contribution < -0.4 is 11.1 Å². The van der Waals surface area contributed by atoms with Crippen molar-refractivity contribution in [2.24, 2.45) is 0 Å². The minimum atomic E-state index is 0.374. The predicted molar refractivity (Wildman–Crippen MR) is 79.8 cm³/mol. The van der Waals surface area contributed by atoms with Crippen molar-refractivity contribution in [2.45, 2.75) is 26.8 Å². The highest BCUT2D eigenvalue weighted by Gasteiger charge is 2.07. The molecule has 0 aliphatic heterocycles. The van der Waals surface area contributed by atoms with E-state index in [2.05, 4.69) is 56.4 Å².